The van der Waals surface area contributed by atoms with Crippen LogP contribution >= 0.6 is 0 Å². The van der Waals surface area contributed by atoms with Crippen LogP contribution < -0.4 is 10.6 Å². The van der Waals surface area contributed by atoms with Gasteiger partial charge in [0.15, 0.2) is 5.96 Å². The van der Waals surface area contributed by atoms with Crippen molar-refractivity contribution >= 4 is 16.0 Å². The van der Waals surface area contributed by atoms with Gasteiger partial charge in [0.05, 0.1) is 18.3 Å². The summed E-state index contributed by atoms with van der Waals surface area (Å²) in [7, 11) is -3.05. The van der Waals surface area contributed by atoms with Gasteiger partial charge in [0.2, 0.25) is 10.0 Å². The van der Waals surface area contributed by atoms with Crippen LogP contribution in [0.25, 0.3) is 0 Å². The standard InChI is InChI=1S/C20H35N5O2S/c1-4-21-20(22-13-15-25-14-10-16-28(25,26)27)23-17-19(24(5-2)6-3)18-11-8-7-9-12-18/h7-9,11-12,19H,4-6,10,13-17H2,1-3H3,(H2,21,22,23). The molecule has 28 heavy (non-hydrogen) atoms. The van der Waals surface area contributed by atoms with Crippen LogP contribution in [0.1, 0.15) is 38.8 Å². The van der Waals surface area contributed by atoms with Crippen molar-refractivity contribution in [1.82, 2.24) is 19.8 Å². The second kappa shape index (κ2) is 11.4. The maximum atomic E-state index is 11.9. The van der Waals surface area contributed by atoms with Crippen LogP contribution in [0.4, 0.5) is 0 Å². The number of benzene rings is 1. The Labute approximate surface area is 170 Å². The van der Waals surface area contributed by atoms with Crippen molar-refractivity contribution in [3.05, 3.63) is 35.9 Å². The monoisotopic (exact) mass is 409 g/mol. The van der Waals surface area contributed by atoms with Crippen LogP contribution in [-0.2, 0) is 10.0 Å². The molecular weight excluding hydrogens is 374 g/mol. The lowest BCUT2D eigenvalue weighted by Crippen LogP contribution is -2.42. The van der Waals surface area contributed by atoms with Gasteiger partial charge in [0.25, 0.3) is 0 Å². The third-order valence-electron chi connectivity index (χ3n) is 5.06. The van der Waals surface area contributed by atoms with E-state index in [9.17, 15) is 8.42 Å². The molecule has 158 valence electrons. The molecule has 0 saturated carbocycles. The van der Waals surface area contributed by atoms with Crippen molar-refractivity contribution in [1.29, 1.82) is 0 Å². The quantitative estimate of drug-likeness (QED) is 0.454. The minimum atomic E-state index is -3.05. The second-order valence-electron chi connectivity index (χ2n) is 6.86. The van der Waals surface area contributed by atoms with E-state index < -0.39 is 10.0 Å². The Morgan fingerprint density at radius 2 is 1.89 bits per heavy atom. The number of guanidine groups is 1. The van der Waals surface area contributed by atoms with Crippen LogP contribution in [0.15, 0.2) is 35.3 Å². The first-order valence-electron chi connectivity index (χ1n) is 10.3. The average molecular weight is 410 g/mol. The number of sulfonamides is 1. The van der Waals surface area contributed by atoms with Crippen molar-refractivity contribution in [2.45, 2.75) is 33.2 Å². The van der Waals surface area contributed by atoms with Crippen molar-refractivity contribution in [2.24, 2.45) is 4.99 Å². The Morgan fingerprint density at radius 3 is 2.46 bits per heavy atom. The van der Waals surface area contributed by atoms with Crippen molar-refractivity contribution < 1.29 is 8.42 Å². The lowest BCUT2D eigenvalue weighted by molar-refractivity contribution is 0.224. The molecule has 1 atom stereocenters. The summed E-state index contributed by atoms with van der Waals surface area (Å²) in [5, 5.41) is 6.54. The van der Waals surface area contributed by atoms with E-state index in [1.165, 1.54) is 5.56 Å². The zero-order valence-corrected chi connectivity index (χ0v) is 18.2. The predicted octanol–water partition coefficient (Wildman–Crippen LogP) is 1.66. The molecule has 1 aromatic rings. The molecule has 1 fully saturated rings. The van der Waals surface area contributed by atoms with Gasteiger partial charge in [0, 0.05) is 26.2 Å². The molecule has 0 aliphatic carbocycles. The first kappa shape index (κ1) is 22.6. The molecular formula is C20H35N5O2S. The van der Waals surface area contributed by atoms with E-state index in [0.717, 1.165) is 32.0 Å². The molecule has 0 aromatic heterocycles. The zero-order valence-electron chi connectivity index (χ0n) is 17.4. The van der Waals surface area contributed by atoms with E-state index in [1.807, 2.05) is 13.0 Å². The van der Waals surface area contributed by atoms with E-state index in [2.05, 4.69) is 53.6 Å². The van der Waals surface area contributed by atoms with Gasteiger partial charge in [-0.25, -0.2) is 12.7 Å². The number of aliphatic imine (C=N–C) groups is 1. The third kappa shape index (κ3) is 6.46. The SMILES string of the molecule is CCNC(=NCC(c1ccccc1)N(CC)CC)NCCN1CCCS1(=O)=O. The van der Waals surface area contributed by atoms with Gasteiger partial charge in [-0.15, -0.1) is 0 Å². The van der Waals surface area contributed by atoms with Crippen LogP contribution in [-0.4, -0.2) is 75.1 Å². The Balaban J connectivity index is 2.01. The Morgan fingerprint density at radius 1 is 1.18 bits per heavy atom. The normalized spacial score (nSPS) is 18.4. The topological polar surface area (TPSA) is 77.0 Å². The smallest absolute Gasteiger partial charge is 0.214 e. The first-order valence-corrected chi connectivity index (χ1v) is 11.9. The summed E-state index contributed by atoms with van der Waals surface area (Å²) in [5.74, 6) is 0.997. The second-order valence-corrected chi connectivity index (χ2v) is 8.95. The number of rotatable bonds is 10. The molecule has 1 unspecified atom stereocenters. The fraction of sp³-hybridized carbons (Fsp3) is 0.650. The highest BCUT2D eigenvalue weighted by Gasteiger charge is 2.27. The molecule has 0 bridgehead atoms. The maximum absolute atomic E-state index is 11.9. The minimum Gasteiger partial charge on any atom is -0.357 e. The lowest BCUT2D eigenvalue weighted by atomic mass is 10.1. The van der Waals surface area contributed by atoms with Gasteiger partial charge < -0.3 is 10.6 Å². The van der Waals surface area contributed by atoms with Crippen LogP contribution in [0, 0.1) is 0 Å². The molecule has 2 N–H and O–H groups in total. The summed E-state index contributed by atoms with van der Waals surface area (Å²) in [5.41, 5.74) is 1.26. The largest absolute Gasteiger partial charge is 0.357 e. The summed E-state index contributed by atoms with van der Waals surface area (Å²) in [6.45, 7) is 11.3. The van der Waals surface area contributed by atoms with Crippen LogP contribution in [0.5, 0.6) is 0 Å². The van der Waals surface area contributed by atoms with Gasteiger partial charge in [0.1, 0.15) is 0 Å². The predicted molar refractivity (Wildman–Crippen MR) is 116 cm³/mol. The Kier molecular flexibility index (Phi) is 9.21. The summed E-state index contributed by atoms with van der Waals surface area (Å²) in [6.07, 6.45) is 0.721. The van der Waals surface area contributed by atoms with E-state index in [0.29, 0.717) is 26.2 Å². The molecule has 1 heterocycles. The molecule has 1 aliphatic heterocycles. The minimum absolute atomic E-state index is 0.214. The van der Waals surface area contributed by atoms with Crippen molar-refractivity contribution in [2.75, 3.05) is 51.6 Å². The van der Waals surface area contributed by atoms with E-state index in [1.54, 1.807) is 4.31 Å². The molecule has 1 aliphatic rings. The molecule has 0 radical (unpaired) electrons. The first-order chi connectivity index (χ1) is 13.5. The third-order valence-corrected chi connectivity index (χ3v) is 7.02. The Bertz CT molecular complexity index is 705. The lowest BCUT2D eigenvalue weighted by Gasteiger charge is -2.29. The molecule has 1 aromatic carbocycles. The molecule has 2 rings (SSSR count). The van der Waals surface area contributed by atoms with Gasteiger partial charge in [-0.3, -0.25) is 9.89 Å². The van der Waals surface area contributed by atoms with Crippen LogP contribution in [0.3, 0.4) is 0 Å². The van der Waals surface area contributed by atoms with Crippen molar-refractivity contribution in [3.8, 4) is 0 Å². The summed E-state index contributed by atoms with van der Waals surface area (Å²) in [6, 6.07) is 10.7. The molecule has 1 saturated heterocycles. The fourth-order valence-electron chi connectivity index (χ4n) is 3.53. The molecule has 7 nitrogen and oxygen atoms in total. The average Bonchev–Trinajstić information content (AvgIpc) is 3.03. The Hall–Kier alpha value is -1.64. The maximum Gasteiger partial charge on any atom is 0.214 e. The van der Waals surface area contributed by atoms with Crippen molar-refractivity contribution in [3.63, 3.8) is 0 Å². The number of hydrogen-bond acceptors (Lipinski definition) is 4. The van der Waals surface area contributed by atoms with Gasteiger partial charge in [-0.2, -0.15) is 0 Å². The summed E-state index contributed by atoms with van der Waals surface area (Å²) < 4.78 is 25.4. The summed E-state index contributed by atoms with van der Waals surface area (Å²) >= 11 is 0. The van der Waals surface area contributed by atoms with E-state index >= 15 is 0 Å². The number of likely N-dealkylation sites (N-methyl/N-ethyl adjacent to an activating group) is 1. The number of nitrogens with zero attached hydrogens (tertiary/aromatic N) is 3. The highest BCUT2D eigenvalue weighted by molar-refractivity contribution is 7.89. The number of nitrogens with one attached hydrogen (secondary N) is 2. The van der Waals surface area contributed by atoms with Crippen LogP contribution in [0.2, 0.25) is 0 Å². The molecule has 0 spiro atoms. The highest BCUT2D eigenvalue weighted by atomic mass is 32.2. The highest BCUT2D eigenvalue weighted by Crippen LogP contribution is 2.20. The fourth-order valence-corrected chi connectivity index (χ4v) is 5.06. The molecule has 8 heteroatoms. The van der Waals surface area contributed by atoms with E-state index in [4.69, 9.17) is 4.99 Å². The van der Waals surface area contributed by atoms with E-state index in [-0.39, 0.29) is 11.8 Å². The van der Waals surface area contributed by atoms with Gasteiger partial charge in [-0.05, 0) is 32.0 Å². The summed E-state index contributed by atoms with van der Waals surface area (Å²) in [4.78, 5) is 7.19. The number of hydrogen-bond donors (Lipinski definition) is 2. The zero-order chi connectivity index (χ0) is 20.4. The van der Waals surface area contributed by atoms with Gasteiger partial charge >= 0.3 is 0 Å². The molecule has 0 amide bonds. The van der Waals surface area contributed by atoms with Gasteiger partial charge in [-0.1, -0.05) is 44.2 Å².